The number of benzene rings is 1. The van der Waals surface area contributed by atoms with Gasteiger partial charge in [0.05, 0.1) is 5.69 Å². The van der Waals surface area contributed by atoms with E-state index in [1.807, 2.05) is 0 Å². The first-order valence-corrected chi connectivity index (χ1v) is 6.75. The van der Waals surface area contributed by atoms with Crippen LogP contribution in [0.4, 0.5) is 10.1 Å². The fraction of sp³-hybridized carbons (Fsp3) is 0.267. The number of rotatable bonds is 4. The van der Waals surface area contributed by atoms with Crippen molar-refractivity contribution < 1.29 is 9.18 Å². The molecule has 0 bridgehead atoms. The predicted molar refractivity (Wildman–Crippen MR) is 75.5 cm³/mol. The Hall–Kier alpha value is -2.50. The van der Waals surface area contributed by atoms with Gasteiger partial charge in [-0.05, 0) is 37.1 Å². The molecule has 1 fully saturated rings. The highest BCUT2D eigenvalue weighted by Crippen LogP contribution is 2.38. The molecular formula is C15H14FN3O2. The third-order valence-corrected chi connectivity index (χ3v) is 3.28. The Balaban J connectivity index is 1.72. The summed E-state index contributed by atoms with van der Waals surface area (Å²) in [5.74, 6) is -0.440. The van der Waals surface area contributed by atoms with E-state index in [2.05, 4.69) is 10.4 Å². The van der Waals surface area contributed by atoms with Gasteiger partial charge in [-0.2, -0.15) is 5.10 Å². The second-order valence-corrected chi connectivity index (χ2v) is 5.09. The van der Waals surface area contributed by atoms with Crippen LogP contribution in [0, 0.1) is 5.82 Å². The molecule has 0 spiro atoms. The van der Waals surface area contributed by atoms with Crippen LogP contribution < -0.4 is 10.9 Å². The van der Waals surface area contributed by atoms with Gasteiger partial charge in [0.2, 0.25) is 5.91 Å². The molecule has 0 saturated heterocycles. The van der Waals surface area contributed by atoms with Gasteiger partial charge in [-0.25, -0.2) is 9.07 Å². The number of aromatic nitrogens is 2. The monoisotopic (exact) mass is 287 g/mol. The van der Waals surface area contributed by atoms with Crippen molar-refractivity contribution in [2.75, 3.05) is 5.32 Å². The minimum absolute atomic E-state index is 0.185. The van der Waals surface area contributed by atoms with Gasteiger partial charge in [0.25, 0.3) is 5.56 Å². The lowest BCUT2D eigenvalue weighted by atomic mass is 10.3. The zero-order valence-electron chi connectivity index (χ0n) is 11.3. The van der Waals surface area contributed by atoms with E-state index in [4.69, 9.17) is 0 Å². The summed E-state index contributed by atoms with van der Waals surface area (Å²) in [6.07, 6.45) is 2.14. The first-order chi connectivity index (χ1) is 10.1. The molecule has 0 aliphatic heterocycles. The molecule has 0 radical (unpaired) electrons. The smallest absolute Gasteiger partial charge is 0.267 e. The van der Waals surface area contributed by atoms with Crippen molar-refractivity contribution in [1.82, 2.24) is 9.78 Å². The number of carbonyl (C=O) groups is 1. The van der Waals surface area contributed by atoms with E-state index < -0.39 is 11.7 Å². The number of halogens is 1. The van der Waals surface area contributed by atoms with Crippen molar-refractivity contribution >= 4 is 11.6 Å². The van der Waals surface area contributed by atoms with Crippen molar-refractivity contribution in [3.63, 3.8) is 0 Å². The third kappa shape index (κ3) is 3.34. The van der Waals surface area contributed by atoms with Crippen LogP contribution in [0.15, 0.2) is 41.2 Å². The third-order valence-electron chi connectivity index (χ3n) is 3.28. The predicted octanol–water partition coefficient (Wildman–Crippen LogP) is 1.90. The van der Waals surface area contributed by atoms with E-state index >= 15 is 0 Å². The molecule has 1 amide bonds. The van der Waals surface area contributed by atoms with Gasteiger partial charge >= 0.3 is 0 Å². The molecule has 3 rings (SSSR count). The van der Waals surface area contributed by atoms with Gasteiger partial charge in [0.15, 0.2) is 0 Å². The van der Waals surface area contributed by atoms with Crippen molar-refractivity contribution in [2.45, 2.75) is 25.3 Å². The van der Waals surface area contributed by atoms with Crippen LogP contribution >= 0.6 is 0 Å². The average Bonchev–Trinajstić information content (AvgIpc) is 3.25. The highest BCUT2D eigenvalue weighted by atomic mass is 19.1. The first-order valence-electron chi connectivity index (χ1n) is 6.75. The maximum absolute atomic E-state index is 13.0. The number of carbonyl (C=O) groups excluding carboxylic acids is 1. The summed E-state index contributed by atoms with van der Waals surface area (Å²) in [5.41, 5.74) is 0.869. The summed E-state index contributed by atoms with van der Waals surface area (Å²) < 4.78 is 14.2. The Morgan fingerprint density at radius 3 is 2.86 bits per heavy atom. The lowest BCUT2D eigenvalue weighted by Crippen LogP contribution is -2.29. The second-order valence-electron chi connectivity index (χ2n) is 5.09. The Kier molecular flexibility index (Phi) is 3.51. The van der Waals surface area contributed by atoms with Gasteiger partial charge in [-0.15, -0.1) is 0 Å². The second kappa shape index (κ2) is 5.47. The summed E-state index contributed by atoms with van der Waals surface area (Å²) in [5, 5.41) is 6.75. The van der Waals surface area contributed by atoms with E-state index in [1.54, 1.807) is 12.1 Å². The van der Waals surface area contributed by atoms with Crippen molar-refractivity contribution in [1.29, 1.82) is 0 Å². The van der Waals surface area contributed by atoms with Crippen LogP contribution in [0.5, 0.6) is 0 Å². The molecule has 5 nitrogen and oxygen atoms in total. The SMILES string of the molecule is O=C(Cn1nc(C2CC2)ccc1=O)Nc1cccc(F)c1. The maximum atomic E-state index is 13.0. The Labute approximate surface area is 120 Å². The van der Waals surface area contributed by atoms with E-state index in [1.165, 1.54) is 24.3 Å². The summed E-state index contributed by atoms with van der Waals surface area (Å²) in [6, 6.07) is 8.73. The van der Waals surface area contributed by atoms with E-state index in [0.29, 0.717) is 11.6 Å². The molecule has 1 aromatic heterocycles. The van der Waals surface area contributed by atoms with Gasteiger partial charge < -0.3 is 5.32 Å². The fourth-order valence-electron chi connectivity index (χ4n) is 2.08. The summed E-state index contributed by atoms with van der Waals surface area (Å²) in [4.78, 5) is 23.6. The highest BCUT2D eigenvalue weighted by molar-refractivity contribution is 5.90. The molecular weight excluding hydrogens is 273 g/mol. The van der Waals surface area contributed by atoms with Gasteiger partial charge in [-0.3, -0.25) is 9.59 Å². The lowest BCUT2D eigenvalue weighted by molar-refractivity contribution is -0.117. The molecule has 0 unspecified atom stereocenters. The first kappa shape index (κ1) is 13.5. The molecule has 1 aromatic carbocycles. The van der Waals surface area contributed by atoms with Gasteiger partial charge in [-0.1, -0.05) is 6.07 Å². The van der Waals surface area contributed by atoms with Crippen LogP contribution in [0.2, 0.25) is 0 Å². The number of nitrogens with zero attached hydrogens (tertiary/aromatic N) is 2. The minimum Gasteiger partial charge on any atom is -0.324 e. The van der Waals surface area contributed by atoms with Crippen LogP contribution in [0.25, 0.3) is 0 Å². The molecule has 1 aliphatic rings. The molecule has 1 aliphatic carbocycles. The Morgan fingerprint density at radius 1 is 1.33 bits per heavy atom. The number of hydrogen-bond donors (Lipinski definition) is 1. The zero-order chi connectivity index (χ0) is 14.8. The summed E-state index contributed by atoms with van der Waals surface area (Å²) in [6.45, 7) is -0.185. The largest absolute Gasteiger partial charge is 0.324 e. The van der Waals surface area contributed by atoms with E-state index in [0.717, 1.165) is 23.2 Å². The standard InChI is InChI=1S/C15H14FN3O2/c16-11-2-1-3-12(8-11)17-14(20)9-19-15(21)7-6-13(18-19)10-4-5-10/h1-3,6-8,10H,4-5,9H2,(H,17,20). The molecule has 0 atom stereocenters. The molecule has 1 saturated carbocycles. The number of anilines is 1. The number of amides is 1. The van der Waals surface area contributed by atoms with Crippen LogP contribution in [0.1, 0.15) is 24.5 Å². The van der Waals surface area contributed by atoms with Crippen LogP contribution in [0.3, 0.4) is 0 Å². The molecule has 108 valence electrons. The van der Waals surface area contributed by atoms with Gasteiger partial charge in [0.1, 0.15) is 12.4 Å². The fourth-order valence-corrected chi connectivity index (χ4v) is 2.08. The Morgan fingerprint density at radius 2 is 2.14 bits per heavy atom. The van der Waals surface area contributed by atoms with E-state index in [9.17, 15) is 14.0 Å². The average molecular weight is 287 g/mol. The summed E-state index contributed by atoms with van der Waals surface area (Å²) in [7, 11) is 0. The molecule has 21 heavy (non-hydrogen) atoms. The van der Waals surface area contributed by atoms with Crippen molar-refractivity contribution in [3.05, 3.63) is 58.3 Å². The van der Waals surface area contributed by atoms with Crippen molar-refractivity contribution in [2.24, 2.45) is 0 Å². The van der Waals surface area contributed by atoms with Crippen LogP contribution in [-0.4, -0.2) is 15.7 Å². The minimum atomic E-state index is -0.432. The summed E-state index contributed by atoms with van der Waals surface area (Å²) >= 11 is 0. The van der Waals surface area contributed by atoms with Crippen LogP contribution in [-0.2, 0) is 11.3 Å². The molecule has 1 N–H and O–H groups in total. The quantitative estimate of drug-likeness (QED) is 0.934. The highest BCUT2D eigenvalue weighted by Gasteiger charge is 2.25. The number of nitrogens with one attached hydrogen (secondary N) is 1. The van der Waals surface area contributed by atoms with Crippen molar-refractivity contribution in [3.8, 4) is 0 Å². The lowest BCUT2D eigenvalue weighted by Gasteiger charge is -2.08. The molecule has 1 heterocycles. The molecule has 6 heteroatoms. The van der Waals surface area contributed by atoms with E-state index in [-0.39, 0.29) is 12.1 Å². The topological polar surface area (TPSA) is 64.0 Å². The zero-order valence-corrected chi connectivity index (χ0v) is 11.3. The number of hydrogen-bond acceptors (Lipinski definition) is 3. The van der Waals surface area contributed by atoms with Gasteiger partial charge in [0, 0.05) is 17.7 Å². The Bertz CT molecular complexity index is 738. The maximum Gasteiger partial charge on any atom is 0.267 e. The molecule has 2 aromatic rings. The normalized spacial score (nSPS) is 14.0.